The smallest absolute Gasteiger partial charge is 0.322 e. The highest BCUT2D eigenvalue weighted by Gasteiger charge is 2.23. The average molecular weight is 442 g/mol. The number of aromatic amines is 1. The Labute approximate surface area is 184 Å². The molecule has 4 rings (SSSR count). The van der Waals surface area contributed by atoms with Crippen LogP contribution in [0.25, 0.3) is 0 Å². The maximum atomic E-state index is 10.9. The number of carbonyl (C=O) groups is 1. The second kappa shape index (κ2) is 10.2. The van der Waals surface area contributed by atoms with E-state index < -0.39 is 5.91 Å². The van der Waals surface area contributed by atoms with Crippen molar-refractivity contribution in [1.82, 2.24) is 15.1 Å². The minimum absolute atomic E-state index is 0.0421. The molecule has 1 aliphatic heterocycles. The molecular formula is C22H27N5O3S. The van der Waals surface area contributed by atoms with Crippen LogP contribution in [0.15, 0.2) is 47.3 Å². The Hall–Kier alpha value is -3.17. The van der Waals surface area contributed by atoms with Crippen LogP contribution in [0.3, 0.4) is 0 Å². The number of primary amides is 1. The zero-order chi connectivity index (χ0) is 22.4. The van der Waals surface area contributed by atoms with Crippen LogP contribution in [-0.2, 0) is 6.61 Å². The molecule has 0 bridgehead atoms. The Morgan fingerprint density at radius 1 is 1.29 bits per heavy atom. The van der Waals surface area contributed by atoms with Crippen molar-refractivity contribution >= 4 is 22.9 Å². The van der Waals surface area contributed by atoms with Crippen molar-refractivity contribution < 1.29 is 9.53 Å². The first-order valence-electron chi connectivity index (χ1n) is 9.93. The van der Waals surface area contributed by atoms with Crippen LogP contribution in [0, 0.1) is 6.92 Å². The van der Waals surface area contributed by atoms with E-state index in [-0.39, 0.29) is 4.87 Å². The molecule has 0 spiro atoms. The molecule has 9 heteroatoms. The molecule has 31 heavy (non-hydrogen) atoms. The summed E-state index contributed by atoms with van der Waals surface area (Å²) in [6.07, 6.45) is 1.12. The van der Waals surface area contributed by atoms with E-state index in [0.29, 0.717) is 23.8 Å². The van der Waals surface area contributed by atoms with Crippen LogP contribution in [0.2, 0.25) is 0 Å². The highest BCUT2D eigenvalue weighted by Crippen LogP contribution is 2.25. The number of aryl methyl sites for hydroxylation is 1. The van der Waals surface area contributed by atoms with Gasteiger partial charge in [-0.1, -0.05) is 17.4 Å². The first-order chi connectivity index (χ1) is 14.8. The quantitative estimate of drug-likeness (QED) is 0.522. The van der Waals surface area contributed by atoms with Gasteiger partial charge in [-0.25, -0.2) is 5.10 Å². The molecule has 2 aromatic carbocycles. The summed E-state index contributed by atoms with van der Waals surface area (Å²) in [7, 11) is 2.09. The number of nitrogen functional groups attached to an aromatic ring is 1. The minimum Gasteiger partial charge on any atom is -0.489 e. The summed E-state index contributed by atoms with van der Waals surface area (Å²) in [4.78, 5) is 24.0. The summed E-state index contributed by atoms with van der Waals surface area (Å²) in [5.41, 5.74) is 14.2. The topological polar surface area (TPSA) is 127 Å². The highest BCUT2D eigenvalue weighted by atomic mass is 32.1. The number of anilines is 1. The molecule has 1 amide bonds. The molecule has 8 nitrogen and oxygen atoms in total. The number of amides is 1. The number of likely N-dealkylation sites (N-methyl/N-ethyl adjacent to an activating group) is 1. The van der Waals surface area contributed by atoms with Crippen molar-refractivity contribution in [2.45, 2.75) is 25.9 Å². The van der Waals surface area contributed by atoms with Crippen molar-refractivity contribution in [3.05, 3.63) is 73.8 Å². The molecular weight excluding hydrogens is 414 g/mol. The van der Waals surface area contributed by atoms with Crippen LogP contribution in [0.5, 0.6) is 5.75 Å². The maximum Gasteiger partial charge on any atom is 0.322 e. The van der Waals surface area contributed by atoms with Gasteiger partial charge < -0.3 is 21.1 Å². The number of hydrogen-bond donors (Lipinski definition) is 3. The molecule has 1 aliphatic rings. The van der Waals surface area contributed by atoms with Crippen molar-refractivity contribution in [1.29, 1.82) is 0 Å². The lowest BCUT2D eigenvalue weighted by Crippen LogP contribution is -2.13. The highest BCUT2D eigenvalue weighted by molar-refractivity contribution is 7.08. The monoisotopic (exact) mass is 441 g/mol. The fourth-order valence-electron chi connectivity index (χ4n) is 3.41. The summed E-state index contributed by atoms with van der Waals surface area (Å²) < 4.78 is 5.63. The fourth-order valence-corrected chi connectivity index (χ4v) is 4.14. The summed E-state index contributed by atoms with van der Waals surface area (Å²) in [6, 6.07) is 12.5. The molecule has 2 heterocycles. The van der Waals surface area contributed by atoms with E-state index in [2.05, 4.69) is 22.1 Å². The number of hydrogen-bond acceptors (Lipinski definition) is 7. The number of likely N-dealkylation sites (tertiary alicyclic amines) is 1. The summed E-state index contributed by atoms with van der Waals surface area (Å²) in [5, 5.41) is 7.40. The van der Waals surface area contributed by atoms with Crippen LogP contribution in [-0.4, -0.2) is 41.1 Å². The van der Waals surface area contributed by atoms with E-state index in [1.54, 1.807) is 24.3 Å². The van der Waals surface area contributed by atoms with Gasteiger partial charge in [0, 0.05) is 23.7 Å². The van der Waals surface area contributed by atoms with Crippen molar-refractivity contribution in [3.63, 3.8) is 0 Å². The van der Waals surface area contributed by atoms with Gasteiger partial charge in [-0.3, -0.25) is 9.59 Å². The van der Waals surface area contributed by atoms with E-state index in [9.17, 15) is 9.59 Å². The number of H-pyrrole nitrogens is 1. The number of ether oxygens (including phenoxy) is 1. The van der Waals surface area contributed by atoms with Crippen molar-refractivity contribution in [2.75, 3.05) is 25.9 Å². The molecule has 1 saturated heterocycles. The molecule has 1 aromatic heterocycles. The van der Waals surface area contributed by atoms with E-state index in [1.165, 1.54) is 11.3 Å². The van der Waals surface area contributed by atoms with Gasteiger partial charge in [0.1, 0.15) is 17.4 Å². The van der Waals surface area contributed by atoms with Crippen molar-refractivity contribution in [2.24, 2.45) is 5.73 Å². The van der Waals surface area contributed by atoms with Gasteiger partial charge in [0.15, 0.2) is 0 Å². The maximum absolute atomic E-state index is 10.9. The third kappa shape index (κ3) is 6.66. The van der Waals surface area contributed by atoms with Gasteiger partial charge in [-0.05, 0) is 74.5 Å². The molecule has 0 radical (unpaired) electrons. The number of aromatic nitrogens is 2. The molecule has 3 aromatic rings. The van der Waals surface area contributed by atoms with Gasteiger partial charge in [0.25, 0.3) is 0 Å². The Morgan fingerprint density at radius 2 is 2.03 bits per heavy atom. The predicted octanol–water partition coefficient (Wildman–Crippen LogP) is 2.51. The first-order valence-corrected chi connectivity index (χ1v) is 10.7. The van der Waals surface area contributed by atoms with E-state index >= 15 is 0 Å². The van der Waals surface area contributed by atoms with E-state index in [0.717, 1.165) is 41.3 Å². The number of rotatable bonds is 5. The first kappa shape index (κ1) is 22.5. The second-order valence-corrected chi connectivity index (χ2v) is 8.62. The van der Waals surface area contributed by atoms with Gasteiger partial charge in [0.2, 0.25) is 5.91 Å². The van der Waals surface area contributed by atoms with Crippen LogP contribution in [0.1, 0.15) is 38.8 Å². The normalized spacial score (nSPS) is 15.9. The van der Waals surface area contributed by atoms with Gasteiger partial charge >= 0.3 is 4.87 Å². The van der Waals surface area contributed by atoms with Gasteiger partial charge in [-0.15, -0.1) is 0 Å². The number of nitrogens with zero attached hydrogens (tertiary/aromatic N) is 2. The standard InChI is InChI=1S/C15H16N2O2.C7H11N3OS/c1-10-6-11(8-13(16)7-10)9-19-14-4-2-12(3-5-14)15(17)18;1-10-3-2-5(4-10)6-8-9-7(11)12-6/h2-8H,9,16H2,1H3,(H2,17,18);5H,2-4H2,1H3,(H,9,11)/t;5-/m.1/s1. The number of nitrogens with one attached hydrogen (secondary N) is 1. The van der Waals surface area contributed by atoms with Crippen molar-refractivity contribution in [3.8, 4) is 5.75 Å². The molecule has 0 saturated carbocycles. The number of carbonyl (C=O) groups excluding carboxylic acids is 1. The second-order valence-electron chi connectivity index (χ2n) is 7.63. The lowest BCUT2D eigenvalue weighted by Gasteiger charge is -2.08. The van der Waals surface area contributed by atoms with Gasteiger partial charge in [-0.2, -0.15) is 5.10 Å². The SMILES string of the molecule is CN1CC[C@@H](c2n[nH]c(=O)s2)C1.Cc1cc(N)cc(COc2ccc(C(N)=O)cc2)c1. The average Bonchev–Trinajstić information content (AvgIpc) is 3.34. The molecule has 1 atom stereocenters. The van der Waals surface area contributed by atoms with E-state index in [1.807, 2.05) is 25.1 Å². The Bertz CT molecular complexity index is 1060. The molecule has 0 aliphatic carbocycles. The lowest BCUT2D eigenvalue weighted by atomic mass is 10.1. The summed E-state index contributed by atoms with van der Waals surface area (Å²) in [5.74, 6) is 0.710. The van der Waals surface area contributed by atoms with Crippen LogP contribution < -0.4 is 21.1 Å². The zero-order valence-corrected chi connectivity index (χ0v) is 18.4. The van der Waals surface area contributed by atoms with Crippen LogP contribution in [0.4, 0.5) is 5.69 Å². The summed E-state index contributed by atoms with van der Waals surface area (Å²) in [6.45, 7) is 4.56. The largest absolute Gasteiger partial charge is 0.489 e. The predicted molar refractivity (Wildman–Crippen MR) is 122 cm³/mol. The van der Waals surface area contributed by atoms with E-state index in [4.69, 9.17) is 16.2 Å². The molecule has 164 valence electrons. The third-order valence-electron chi connectivity index (χ3n) is 4.90. The number of nitrogens with two attached hydrogens (primary N) is 2. The summed E-state index contributed by atoms with van der Waals surface area (Å²) >= 11 is 1.24. The number of benzene rings is 2. The van der Waals surface area contributed by atoms with Crippen LogP contribution >= 0.6 is 11.3 Å². The molecule has 5 N–H and O–H groups in total. The zero-order valence-electron chi connectivity index (χ0n) is 17.6. The Kier molecular flexibility index (Phi) is 7.43. The Morgan fingerprint density at radius 3 is 2.58 bits per heavy atom. The molecule has 1 fully saturated rings. The Balaban J connectivity index is 0.000000194. The molecule has 0 unspecified atom stereocenters. The minimum atomic E-state index is -0.446. The van der Waals surface area contributed by atoms with Gasteiger partial charge in [0.05, 0.1) is 0 Å². The third-order valence-corrected chi connectivity index (χ3v) is 5.81. The fraction of sp³-hybridized carbons (Fsp3) is 0.318. The lowest BCUT2D eigenvalue weighted by molar-refractivity contribution is 0.1000.